The molecule has 0 aliphatic heterocycles. The van der Waals surface area contributed by atoms with Crippen LogP contribution in [0, 0.1) is 5.82 Å². The number of nitrogens with one attached hydrogen (secondary N) is 1. The van der Waals surface area contributed by atoms with Crippen molar-refractivity contribution in [3.63, 3.8) is 0 Å². The van der Waals surface area contributed by atoms with Crippen molar-refractivity contribution < 1.29 is 9.13 Å². The second kappa shape index (κ2) is 5.85. The number of hydrogen-bond acceptors (Lipinski definition) is 2. The van der Waals surface area contributed by atoms with Crippen LogP contribution in [0.15, 0.2) is 42.5 Å². The lowest BCUT2D eigenvalue weighted by Crippen LogP contribution is -2.06. The zero-order valence-electron chi connectivity index (χ0n) is 9.91. The lowest BCUT2D eigenvalue weighted by molar-refractivity contribution is 0.469. The van der Waals surface area contributed by atoms with E-state index in [1.54, 1.807) is 24.3 Å². The molecule has 0 saturated carbocycles. The zero-order valence-corrected chi connectivity index (χ0v) is 10.7. The van der Waals surface area contributed by atoms with E-state index in [-0.39, 0.29) is 5.82 Å². The summed E-state index contributed by atoms with van der Waals surface area (Å²) in [5.74, 6) is 0.811. The molecule has 0 heterocycles. The molecule has 2 aromatic rings. The molecule has 2 aromatic carbocycles. The molecule has 0 atom stereocenters. The quantitative estimate of drug-likeness (QED) is 0.902. The Morgan fingerprint density at radius 2 is 2.06 bits per heavy atom. The average molecular weight is 266 g/mol. The molecule has 4 heteroatoms. The molecule has 0 aliphatic carbocycles. The summed E-state index contributed by atoms with van der Waals surface area (Å²) in [5, 5.41) is 3.68. The number of benzene rings is 2. The van der Waals surface area contributed by atoms with Crippen molar-refractivity contribution in [3.8, 4) is 11.5 Å². The summed E-state index contributed by atoms with van der Waals surface area (Å²) in [6.45, 7) is 0.630. The van der Waals surface area contributed by atoms with E-state index < -0.39 is 0 Å². The van der Waals surface area contributed by atoms with E-state index in [0.717, 1.165) is 5.56 Å². The number of hydrogen-bond donors (Lipinski definition) is 1. The van der Waals surface area contributed by atoms with Crippen molar-refractivity contribution in [1.82, 2.24) is 5.32 Å². The van der Waals surface area contributed by atoms with E-state index in [2.05, 4.69) is 5.32 Å². The van der Waals surface area contributed by atoms with Gasteiger partial charge in [-0.15, -0.1) is 0 Å². The minimum Gasteiger partial charge on any atom is -0.457 e. The van der Waals surface area contributed by atoms with Crippen LogP contribution in [0.4, 0.5) is 4.39 Å². The summed E-state index contributed by atoms with van der Waals surface area (Å²) in [6, 6.07) is 11.4. The van der Waals surface area contributed by atoms with Crippen LogP contribution in [0.3, 0.4) is 0 Å². The van der Waals surface area contributed by atoms with Gasteiger partial charge in [-0.05, 0) is 37.4 Å². The maximum Gasteiger partial charge on any atom is 0.132 e. The Labute approximate surface area is 110 Å². The molecule has 0 fully saturated rings. The van der Waals surface area contributed by atoms with E-state index >= 15 is 0 Å². The second-order valence-corrected chi connectivity index (χ2v) is 4.28. The average Bonchev–Trinajstić information content (AvgIpc) is 2.33. The van der Waals surface area contributed by atoms with Gasteiger partial charge in [0, 0.05) is 23.2 Å². The van der Waals surface area contributed by atoms with E-state index in [1.165, 1.54) is 12.1 Å². The lowest BCUT2D eigenvalue weighted by Gasteiger charge is -2.11. The highest BCUT2D eigenvalue weighted by atomic mass is 35.5. The first kappa shape index (κ1) is 12.9. The van der Waals surface area contributed by atoms with Crippen molar-refractivity contribution in [1.29, 1.82) is 0 Å². The number of halogens is 2. The molecule has 1 N–H and O–H groups in total. The zero-order chi connectivity index (χ0) is 13.0. The highest BCUT2D eigenvalue weighted by Gasteiger charge is 2.06. The molecule has 0 radical (unpaired) electrons. The van der Waals surface area contributed by atoms with Crippen molar-refractivity contribution in [2.75, 3.05) is 7.05 Å². The monoisotopic (exact) mass is 265 g/mol. The van der Waals surface area contributed by atoms with E-state index in [4.69, 9.17) is 16.3 Å². The molecule has 0 amide bonds. The van der Waals surface area contributed by atoms with Crippen molar-refractivity contribution in [3.05, 3.63) is 58.9 Å². The Balaban J connectivity index is 2.28. The largest absolute Gasteiger partial charge is 0.457 e. The third-order valence-electron chi connectivity index (χ3n) is 2.41. The normalized spacial score (nSPS) is 10.4. The first-order chi connectivity index (χ1) is 8.69. The van der Waals surface area contributed by atoms with Crippen molar-refractivity contribution in [2.24, 2.45) is 0 Å². The summed E-state index contributed by atoms with van der Waals surface area (Å²) in [5.41, 5.74) is 0.925. The Morgan fingerprint density at radius 3 is 2.78 bits per heavy atom. The van der Waals surface area contributed by atoms with Gasteiger partial charge in [0.05, 0.1) is 0 Å². The smallest absolute Gasteiger partial charge is 0.132 e. The first-order valence-corrected chi connectivity index (χ1v) is 5.93. The van der Waals surface area contributed by atoms with Gasteiger partial charge in [-0.2, -0.15) is 0 Å². The van der Waals surface area contributed by atoms with Gasteiger partial charge in [0.2, 0.25) is 0 Å². The van der Waals surface area contributed by atoms with E-state index in [1.807, 2.05) is 13.1 Å². The van der Waals surface area contributed by atoms with Crippen LogP contribution in [-0.4, -0.2) is 7.05 Å². The Hall–Kier alpha value is -1.58. The molecule has 0 aromatic heterocycles. The highest BCUT2D eigenvalue weighted by molar-refractivity contribution is 6.30. The lowest BCUT2D eigenvalue weighted by atomic mass is 10.2. The van der Waals surface area contributed by atoms with Crippen LogP contribution in [-0.2, 0) is 6.54 Å². The van der Waals surface area contributed by atoms with Crippen LogP contribution in [0.25, 0.3) is 0 Å². The van der Waals surface area contributed by atoms with Crippen LogP contribution >= 0.6 is 11.6 Å². The van der Waals surface area contributed by atoms with Crippen LogP contribution in [0.1, 0.15) is 5.56 Å². The SMILES string of the molecule is CNCc1cc(Cl)ccc1Oc1cccc(F)c1. The molecular formula is C14H13ClFNO. The molecule has 0 saturated heterocycles. The Kier molecular flexibility index (Phi) is 4.18. The minimum absolute atomic E-state index is 0.323. The molecule has 94 valence electrons. The van der Waals surface area contributed by atoms with Gasteiger partial charge in [-0.25, -0.2) is 4.39 Å². The standard InChI is InChI=1S/C14H13ClFNO/c1-17-9-10-7-11(15)5-6-14(10)18-13-4-2-3-12(16)8-13/h2-8,17H,9H2,1H3. The van der Waals surface area contributed by atoms with Gasteiger partial charge in [0.1, 0.15) is 17.3 Å². The fourth-order valence-corrected chi connectivity index (χ4v) is 1.83. The van der Waals surface area contributed by atoms with Gasteiger partial charge >= 0.3 is 0 Å². The Bertz CT molecular complexity index is 545. The van der Waals surface area contributed by atoms with Crippen LogP contribution < -0.4 is 10.1 Å². The molecule has 2 rings (SSSR count). The van der Waals surface area contributed by atoms with Crippen molar-refractivity contribution in [2.45, 2.75) is 6.54 Å². The van der Waals surface area contributed by atoms with Crippen molar-refractivity contribution >= 4 is 11.6 Å². The predicted molar refractivity (Wildman–Crippen MR) is 70.7 cm³/mol. The minimum atomic E-state index is -0.323. The summed E-state index contributed by atoms with van der Waals surface area (Å²) in [4.78, 5) is 0. The third-order valence-corrected chi connectivity index (χ3v) is 2.65. The molecule has 0 aliphatic rings. The molecule has 2 nitrogen and oxygen atoms in total. The van der Waals surface area contributed by atoms with Crippen LogP contribution in [0.5, 0.6) is 11.5 Å². The Morgan fingerprint density at radius 1 is 1.22 bits per heavy atom. The highest BCUT2D eigenvalue weighted by Crippen LogP contribution is 2.28. The van der Waals surface area contributed by atoms with E-state index in [0.29, 0.717) is 23.1 Å². The summed E-state index contributed by atoms with van der Waals surface area (Å²) in [6.07, 6.45) is 0. The summed E-state index contributed by atoms with van der Waals surface area (Å²) in [7, 11) is 1.84. The van der Waals surface area contributed by atoms with Gasteiger partial charge in [0.25, 0.3) is 0 Å². The topological polar surface area (TPSA) is 21.3 Å². The summed E-state index contributed by atoms with van der Waals surface area (Å²) >= 11 is 5.94. The predicted octanol–water partition coefficient (Wildman–Crippen LogP) is 3.99. The molecule has 0 bridgehead atoms. The fraction of sp³-hybridized carbons (Fsp3) is 0.143. The molecule has 0 unspecified atom stereocenters. The third kappa shape index (κ3) is 3.22. The molecular weight excluding hydrogens is 253 g/mol. The van der Waals surface area contributed by atoms with Gasteiger partial charge in [0.15, 0.2) is 0 Å². The van der Waals surface area contributed by atoms with Gasteiger partial charge in [-0.1, -0.05) is 17.7 Å². The van der Waals surface area contributed by atoms with E-state index in [9.17, 15) is 4.39 Å². The molecule has 0 spiro atoms. The van der Waals surface area contributed by atoms with Gasteiger partial charge in [-0.3, -0.25) is 0 Å². The number of rotatable bonds is 4. The maximum absolute atomic E-state index is 13.1. The second-order valence-electron chi connectivity index (χ2n) is 3.84. The first-order valence-electron chi connectivity index (χ1n) is 5.55. The molecule has 18 heavy (non-hydrogen) atoms. The fourth-order valence-electron chi connectivity index (χ4n) is 1.63. The number of ether oxygens (including phenoxy) is 1. The summed E-state index contributed by atoms with van der Waals surface area (Å²) < 4.78 is 18.7. The van der Waals surface area contributed by atoms with Crippen LogP contribution in [0.2, 0.25) is 5.02 Å². The van der Waals surface area contributed by atoms with Gasteiger partial charge < -0.3 is 10.1 Å². The maximum atomic E-state index is 13.1.